The van der Waals surface area contributed by atoms with Crippen molar-refractivity contribution in [2.24, 2.45) is 0 Å². The van der Waals surface area contributed by atoms with E-state index < -0.39 is 49.4 Å². The van der Waals surface area contributed by atoms with Gasteiger partial charge in [0.15, 0.2) is 6.23 Å². The molecule has 0 bridgehead atoms. The fourth-order valence-electron chi connectivity index (χ4n) is 5.99. The quantitative estimate of drug-likeness (QED) is 0.208. The van der Waals surface area contributed by atoms with Crippen LogP contribution in [0.15, 0.2) is 119 Å². The molecule has 10 heteroatoms. The van der Waals surface area contributed by atoms with Crippen LogP contribution in [0.3, 0.4) is 0 Å². The Labute approximate surface area is 256 Å². The summed E-state index contributed by atoms with van der Waals surface area (Å²) in [5, 5.41) is 13.3. The maximum Gasteiger partial charge on any atom is 0.330 e. The summed E-state index contributed by atoms with van der Waals surface area (Å²) >= 11 is 0. The van der Waals surface area contributed by atoms with E-state index in [-0.39, 0.29) is 18.3 Å². The number of benzene rings is 3. The van der Waals surface area contributed by atoms with Crippen molar-refractivity contribution in [3.05, 3.63) is 142 Å². The summed E-state index contributed by atoms with van der Waals surface area (Å²) in [7, 11) is -3.09. The molecule has 2 N–H and O–H groups in total. The lowest BCUT2D eigenvalue weighted by molar-refractivity contribution is -0.112. The minimum Gasteiger partial charge on any atom is -0.404 e. The molecule has 1 saturated heterocycles. The van der Waals surface area contributed by atoms with E-state index >= 15 is 0 Å². The molecule has 1 aliphatic rings. The van der Waals surface area contributed by atoms with E-state index in [4.69, 9.17) is 13.9 Å². The third-order valence-corrected chi connectivity index (χ3v) is 13.2. The molecule has 2 heterocycles. The Hall–Kier alpha value is -3.93. The number of aromatic nitrogens is 2. The topological polar surface area (TPSA) is 103 Å². The summed E-state index contributed by atoms with van der Waals surface area (Å²) in [4.78, 5) is 26.5. The van der Waals surface area contributed by atoms with Crippen molar-refractivity contribution in [2.75, 3.05) is 6.61 Å². The molecule has 0 amide bonds. The van der Waals surface area contributed by atoms with E-state index in [9.17, 15) is 19.1 Å². The van der Waals surface area contributed by atoms with E-state index in [1.807, 2.05) is 71.7 Å². The number of hydrogen-bond acceptors (Lipinski definition) is 6. The number of nitrogens with zero attached hydrogens (tertiary/aromatic N) is 1. The zero-order valence-electron chi connectivity index (χ0n) is 25.0. The fraction of sp³-hybridized carbons (Fsp3) is 0.294. The van der Waals surface area contributed by atoms with Crippen molar-refractivity contribution >= 4 is 18.7 Å². The summed E-state index contributed by atoms with van der Waals surface area (Å²) in [6.45, 7) is 10.5. The van der Waals surface area contributed by atoms with E-state index in [0.29, 0.717) is 0 Å². The van der Waals surface area contributed by atoms with Crippen molar-refractivity contribution in [3.8, 4) is 0 Å². The second kappa shape index (κ2) is 12.6. The molecule has 44 heavy (non-hydrogen) atoms. The van der Waals surface area contributed by atoms with Crippen molar-refractivity contribution in [1.29, 1.82) is 0 Å². The third kappa shape index (κ3) is 5.79. The summed E-state index contributed by atoms with van der Waals surface area (Å²) in [6, 6.07) is 29.5. The normalized spacial score (nSPS) is 22.2. The standard InChI is InChI=1S/C34H37FN2O6Si/c1-5-34(23-42-44(33(2,3)4,25-17-11-7-12-18-25)26-19-13-8-14-20-26)29(41-22-24-15-9-6-10-16-24)28(38)31(43-34)37-21-27(35)30(39)36-32(37)40/h5-21,28-29,31,38H,1,22-23H2,2-4H3,(H,36,39,40)/t28-,29+,31-,34-/m1/s1. The molecular weight excluding hydrogens is 579 g/mol. The highest BCUT2D eigenvalue weighted by Gasteiger charge is 2.58. The van der Waals surface area contributed by atoms with Gasteiger partial charge in [-0.25, -0.2) is 4.79 Å². The SMILES string of the molecule is C=C[C@]1(CO[Si](c2ccccc2)(c2ccccc2)C(C)(C)C)O[C@@H](n2cc(F)c(=O)[nH]c2=O)[C@H](O)[C@@H]1OCc1ccccc1. The summed E-state index contributed by atoms with van der Waals surface area (Å²) in [5.41, 5.74) is -2.73. The van der Waals surface area contributed by atoms with Crippen molar-refractivity contribution in [2.45, 2.75) is 56.5 Å². The predicted octanol–water partition coefficient (Wildman–Crippen LogP) is 3.65. The van der Waals surface area contributed by atoms with Gasteiger partial charge >= 0.3 is 5.69 Å². The van der Waals surface area contributed by atoms with E-state index in [0.717, 1.165) is 26.7 Å². The lowest BCUT2D eigenvalue weighted by atomic mass is 9.96. The van der Waals surface area contributed by atoms with Crippen LogP contribution in [0.2, 0.25) is 5.04 Å². The van der Waals surface area contributed by atoms with Gasteiger partial charge in [-0.1, -0.05) is 118 Å². The van der Waals surface area contributed by atoms with Crippen LogP contribution < -0.4 is 21.6 Å². The van der Waals surface area contributed by atoms with Crippen molar-refractivity contribution < 1.29 is 23.4 Å². The Morgan fingerprint density at radius 3 is 2.07 bits per heavy atom. The molecule has 4 atom stereocenters. The summed E-state index contributed by atoms with van der Waals surface area (Å²) in [5.74, 6) is -1.19. The van der Waals surface area contributed by atoms with Crippen molar-refractivity contribution in [3.63, 3.8) is 0 Å². The maximum atomic E-state index is 14.4. The molecule has 8 nitrogen and oxygen atoms in total. The Morgan fingerprint density at radius 2 is 1.55 bits per heavy atom. The lowest BCUT2D eigenvalue weighted by Crippen LogP contribution is -2.68. The summed E-state index contributed by atoms with van der Waals surface area (Å²) in [6.07, 6.45) is -1.70. The second-order valence-corrected chi connectivity index (χ2v) is 16.3. The van der Waals surface area contributed by atoms with Crippen LogP contribution in [0, 0.1) is 5.82 Å². The van der Waals surface area contributed by atoms with Gasteiger partial charge in [-0.3, -0.25) is 14.3 Å². The molecule has 0 spiro atoms. The number of hydrogen-bond donors (Lipinski definition) is 2. The number of halogens is 1. The number of rotatable bonds is 10. The molecule has 5 rings (SSSR count). The Morgan fingerprint density at radius 1 is 1.00 bits per heavy atom. The minimum absolute atomic E-state index is 0.0998. The monoisotopic (exact) mass is 616 g/mol. The van der Waals surface area contributed by atoms with Crippen LogP contribution in [0.4, 0.5) is 4.39 Å². The minimum atomic E-state index is -3.09. The average Bonchev–Trinajstić information content (AvgIpc) is 3.30. The Bertz CT molecular complexity index is 1650. The predicted molar refractivity (Wildman–Crippen MR) is 169 cm³/mol. The number of nitrogens with one attached hydrogen (secondary N) is 1. The van der Waals surface area contributed by atoms with Crippen molar-refractivity contribution in [1.82, 2.24) is 9.55 Å². The second-order valence-electron chi connectivity index (χ2n) is 12.0. The van der Waals surface area contributed by atoms with Crippen LogP contribution in [-0.4, -0.2) is 47.4 Å². The lowest BCUT2D eigenvalue weighted by Gasteiger charge is -2.45. The van der Waals surface area contributed by atoms with Crippen LogP contribution in [0.5, 0.6) is 0 Å². The molecule has 4 aromatic rings. The van der Waals surface area contributed by atoms with Gasteiger partial charge in [0.25, 0.3) is 13.9 Å². The number of aliphatic hydroxyl groups is 1. The highest BCUT2D eigenvalue weighted by Crippen LogP contribution is 2.43. The Balaban J connectivity index is 1.60. The van der Waals surface area contributed by atoms with Gasteiger partial charge in [-0.05, 0) is 21.0 Å². The highest BCUT2D eigenvalue weighted by atomic mass is 28.4. The molecule has 0 unspecified atom stereocenters. The number of aromatic amines is 1. The maximum absolute atomic E-state index is 14.4. The van der Waals surface area contributed by atoms with Crippen LogP contribution >= 0.6 is 0 Å². The average molecular weight is 617 g/mol. The highest BCUT2D eigenvalue weighted by molar-refractivity contribution is 6.99. The fourth-order valence-corrected chi connectivity index (χ4v) is 10.6. The number of ether oxygens (including phenoxy) is 2. The number of aliphatic hydroxyl groups excluding tert-OH is 1. The van der Waals surface area contributed by atoms with Gasteiger partial charge in [-0.2, -0.15) is 4.39 Å². The third-order valence-electron chi connectivity index (χ3n) is 8.17. The molecule has 0 saturated carbocycles. The van der Waals surface area contributed by atoms with Crippen LogP contribution in [0.25, 0.3) is 0 Å². The van der Waals surface area contributed by atoms with E-state index in [2.05, 4.69) is 51.6 Å². The summed E-state index contributed by atoms with van der Waals surface area (Å²) < 4.78 is 35.1. The smallest absolute Gasteiger partial charge is 0.330 e. The van der Waals surface area contributed by atoms with Gasteiger partial charge in [0.2, 0.25) is 5.82 Å². The van der Waals surface area contributed by atoms with Gasteiger partial charge in [0.1, 0.15) is 17.8 Å². The molecule has 1 aromatic heterocycles. The number of H-pyrrole nitrogens is 1. The Kier molecular flexibility index (Phi) is 9.01. The van der Waals surface area contributed by atoms with Gasteiger partial charge in [0, 0.05) is 0 Å². The zero-order chi connectivity index (χ0) is 31.5. The van der Waals surface area contributed by atoms with Gasteiger partial charge < -0.3 is 19.0 Å². The molecule has 1 aliphatic heterocycles. The molecule has 230 valence electrons. The zero-order valence-corrected chi connectivity index (χ0v) is 26.0. The van der Waals surface area contributed by atoms with E-state index in [1.165, 1.54) is 6.08 Å². The van der Waals surface area contributed by atoms with Gasteiger partial charge in [-0.15, -0.1) is 6.58 Å². The largest absolute Gasteiger partial charge is 0.404 e. The molecule has 0 aliphatic carbocycles. The van der Waals surface area contributed by atoms with Gasteiger partial charge in [0.05, 0.1) is 19.4 Å². The first-order chi connectivity index (χ1) is 21.0. The first kappa shape index (κ1) is 31.5. The molecule has 1 fully saturated rings. The first-order valence-electron chi connectivity index (χ1n) is 14.4. The molecular formula is C34H37FN2O6Si. The molecule has 3 aromatic carbocycles. The first-order valence-corrected chi connectivity index (χ1v) is 16.3. The van der Waals surface area contributed by atoms with Crippen LogP contribution in [-0.2, 0) is 20.5 Å². The molecule has 0 radical (unpaired) electrons. The van der Waals surface area contributed by atoms with E-state index in [1.54, 1.807) is 0 Å². The van der Waals surface area contributed by atoms with Crippen LogP contribution in [0.1, 0.15) is 32.6 Å².